The van der Waals surface area contributed by atoms with Crippen molar-refractivity contribution in [1.82, 2.24) is 9.97 Å². The summed E-state index contributed by atoms with van der Waals surface area (Å²) in [5.41, 5.74) is 6.28. The molecule has 0 aliphatic heterocycles. The number of anilines is 1. The number of hydrogen-bond acceptors (Lipinski definition) is 3. The molecule has 0 fully saturated rings. The van der Waals surface area contributed by atoms with Gasteiger partial charge in [-0.25, -0.2) is 0 Å². The molecule has 104 valence electrons. The highest BCUT2D eigenvalue weighted by Crippen LogP contribution is 2.34. The van der Waals surface area contributed by atoms with E-state index in [0.717, 1.165) is 24.9 Å². The van der Waals surface area contributed by atoms with Gasteiger partial charge in [0, 0.05) is 35.7 Å². The van der Waals surface area contributed by atoms with Crippen LogP contribution in [-0.2, 0) is 19.4 Å². The lowest BCUT2D eigenvalue weighted by molar-refractivity contribution is 0.901. The van der Waals surface area contributed by atoms with Crippen molar-refractivity contribution >= 4 is 16.6 Å². The molecule has 1 N–H and O–H groups in total. The summed E-state index contributed by atoms with van der Waals surface area (Å²) in [7, 11) is 0. The molecule has 4 rings (SSSR count). The van der Waals surface area contributed by atoms with Gasteiger partial charge in [0.1, 0.15) is 0 Å². The summed E-state index contributed by atoms with van der Waals surface area (Å²) in [5.74, 6) is 0. The van der Waals surface area contributed by atoms with Crippen molar-refractivity contribution < 1.29 is 0 Å². The molecule has 1 aromatic carbocycles. The predicted octanol–water partition coefficient (Wildman–Crippen LogP) is 3.73. The van der Waals surface area contributed by atoms with Gasteiger partial charge in [0.15, 0.2) is 0 Å². The van der Waals surface area contributed by atoms with Gasteiger partial charge in [-0.3, -0.25) is 9.97 Å². The quantitative estimate of drug-likeness (QED) is 0.791. The maximum atomic E-state index is 4.82. The Bertz CT molecular complexity index is 781. The fourth-order valence-corrected chi connectivity index (χ4v) is 3.10. The van der Waals surface area contributed by atoms with Gasteiger partial charge in [0.25, 0.3) is 0 Å². The summed E-state index contributed by atoms with van der Waals surface area (Å²) in [6, 6.07) is 12.5. The molecule has 1 aliphatic rings. The highest BCUT2D eigenvalue weighted by Gasteiger charge is 2.19. The highest BCUT2D eigenvalue weighted by atomic mass is 14.9. The molecule has 3 aromatic rings. The number of fused-ring (bicyclic) bond motifs is 2. The lowest BCUT2D eigenvalue weighted by Crippen LogP contribution is -2.04. The number of aryl methyl sites for hydroxylation is 1. The van der Waals surface area contributed by atoms with Crippen LogP contribution < -0.4 is 5.32 Å². The average molecular weight is 275 g/mol. The molecular weight excluding hydrogens is 258 g/mol. The van der Waals surface area contributed by atoms with Crippen molar-refractivity contribution in [2.45, 2.75) is 25.8 Å². The molecule has 2 heterocycles. The average Bonchev–Trinajstić information content (AvgIpc) is 3.00. The van der Waals surface area contributed by atoms with E-state index in [1.54, 1.807) is 0 Å². The second-order valence-corrected chi connectivity index (χ2v) is 5.49. The number of rotatable bonds is 3. The van der Waals surface area contributed by atoms with Crippen LogP contribution in [0, 0.1) is 0 Å². The van der Waals surface area contributed by atoms with Crippen LogP contribution in [0.1, 0.15) is 23.2 Å². The Hall–Kier alpha value is -2.42. The summed E-state index contributed by atoms with van der Waals surface area (Å²) >= 11 is 0. The first-order valence-electron chi connectivity index (χ1n) is 7.45. The molecule has 0 unspecified atom stereocenters. The molecule has 0 atom stereocenters. The molecule has 0 radical (unpaired) electrons. The van der Waals surface area contributed by atoms with E-state index < -0.39 is 0 Å². The first-order chi connectivity index (χ1) is 10.4. The summed E-state index contributed by atoms with van der Waals surface area (Å²) in [6.45, 7) is 0.822. The van der Waals surface area contributed by atoms with E-state index in [4.69, 9.17) is 4.98 Å². The van der Waals surface area contributed by atoms with E-state index in [-0.39, 0.29) is 0 Å². The molecular formula is C18H17N3. The minimum Gasteiger partial charge on any atom is -0.380 e. The van der Waals surface area contributed by atoms with Crippen LogP contribution in [0.4, 0.5) is 5.69 Å². The third-order valence-electron chi connectivity index (χ3n) is 4.14. The van der Waals surface area contributed by atoms with Gasteiger partial charge >= 0.3 is 0 Å². The van der Waals surface area contributed by atoms with E-state index in [1.807, 2.05) is 12.4 Å². The first-order valence-corrected chi connectivity index (χ1v) is 7.45. The lowest BCUT2D eigenvalue weighted by atomic mass is 10.1. The zero-order valence-corrected chi connectivity index (χ0v) is 11.8. The summed E-state index contributed by atoms with van der Waals surface area (Å²) in [5, 5.41) is 4.87. The zero-order chi connectivity index (χ0) is 14.1. The standard InChI is InChI=1S/C18H17N3/c1-2-6-16-14(4-1)18(15-5-3-7-17(15)21-16)20-12-13-8-10-19-11-9-13/h1-2,4,6,8-11H,3,5,7,12H2,(H,20,21). The number of nitrogens with one attached hydrogen (secondary N) is 1. The van der Waals surface area contributed by atoms with Crippen LogP contribution in [0.5, 0.6) is 0 Å². The monoisotopic (exact) mass is 275 g/mol. The van der Waals surface area contributed by atoms with Gasteiger partial charge in [-0.2, -0.15) is 0 Å². The second kappa shape index (κ2) is 5.17. The number of pyridine rings is 2. The first kappa shape index (κ1) is 12.3. The van der Waals surface area contributed by atoms with E-state index in [2.05, 4.69) is 46.7 Å². The molecule has 3 nitrogen and oxygen atoms in total. The van der Waals surface area contributed by atoms with E-state index in [0.29, 0.717) is 0 Å². The topological polar surface area (TPSA) is 37.8 Å². The van der Waals surface area contributed by atoms with Crippen molar-refractivity contribution in [1.29, 1.82) is 0 Å². The molecule has 3 heteroatoms. The van der Waals surface area contributed by atoms with Crippen molar-refractivity contribution in [2.75, 3.05) is 5.32 Å². The third kappa shape index (κ3) is 2.25. The van der Waals surface area contributed by atoms with Crippen LogP contribution in [0.15, 0.2) is 48.8 Å². The minimum absolute atomic E-state index is 0.822. The summed E-state index contributed by atoms with van der Waals surface area (Å²) < 4.78 is 0. The Kier molecular flexibility index (Phi) is 3.03. The lowest BCUT2D eigenvalue weighted by Gasteiger charge is -2.14. The number of benzene rings is 1. The molecule has 2 aromatic heterocycles. The fourth-order valence-electron chi connectivity index (χ4n) is 3.10. The van der Waals surface area contributed by atoms with E-state index in [9.17, 15) is 0 Å². The fraction of sp³-hybridized carbons (Fsp3) is 0.222. The second-order valence-electron chi connectivity index (χ2n) is 5.49. The number of para-hydroxylation sites is 1. The molecule has 0 saturated heterocycles. The van der Waals surface area contributed by atoms with Crippen LogP contribution in [-0.4, -0.2) is 9.97 Å². The summed E-state index contributed by atoms with van der Waals surface area (Å²) in [6.07, 6.45) is 7.12. The van der Waals surface area contributed by atoms with E-state index >= 15 is 0 Å². The van der Waals surface area contributed by atoms with E-state index in [1.165, 1.54) is 34.3 Å². The SMILES string of the molecule is c1ccc2c(NCc3ccncc3)c3c(nc2c1)CCC3. The zero-order valence-electron chi connectivity index (χ0n) is 11.8. The Morgan fingerprint density at radius 3 is 2.76 bits per heavy atom. The van der Waals surface area contributed by atoms with Gasteiger partial charge in [-0.1, -0.05) is 18.2 Å². The highest BCUT2D eigenvalue weighted by molar-refractivity contribution is 5.93. The maximum Gasteiger partial charge on any atom is 0.0726 e. The Morgan fingerprint density at radius 2 is 1.86 bits per heavy atom. The van der Waals surface area contributed by atoms with Crippen LogP contribution in [0.2, 0.25) is 0 Å². The third-order valence-corrected chi connectivity index (χ3v) is 4.14. The molecule has 21 heavy (non-hydrogen) atoms. The Balaban J connectivity index is 1.76. The van der Waals surface area contributed by atoms with Gasteiger partial charge in [0.2, 0.25) is 0 Å². The normalized spacial score (nSPS) is 13.3. The summed E-state index contributed by atoms with van der Waals surface area (Å²) in [4.78, 5) is 8.89. The maximum absolute atomic E-state index is 4.82. The Labute approximate surface area is 124 Å². The van der Waals surface area contributed by atoms with Crippen molar-refractivity contribution in [3.63, 3.8) is 0 Å². The predicted molar refractivity (Wildman–Crippen MR) is 85.3 cm³/mol. The largest absolute Gasteiger partial charge is 0.380 e. The molecule has 0 saturated carbocycles. The van der Waals surface area contributed by atoms with Gasteiger partial charge in [0.05, 0.1) is 5.52 Å². The van der Waals surface area contributed by atoms with Crippen LogP contribution in [0.25, 0.3) is 10.9 Å². The van der Waals surface area contributed by atoms with Crippen LogP contribution in [0.3, 0.4) is 0 Å². The van der Waals surface area contributed by atoms with Gasteiger partial charge in [-0.05, 0) is 48.6 Å². The van der Waals surface area contributed by atoms with Gasteiger partial charge in [-0.15, -0.1) is 0 Å². The molecule has 0 amide bonds. The number of aromatic nitrogens is 2. The number of hydrogen-bond donors (Lipinski definition) is 1. The van der Waals surface area contributed by atoms with Crippen LogP contribution >= 0.6 is 0 Å². The van der Waals surface area contributed by atoms with Gasteiger partial charge < -0.3 is 5.32 Å². The number of nitrogens with zero attached hydrogens (tertiary/aromatic N) is 2. The molecule has 1 aliphatic carbocycles. The van der Waals surface area contributed by atoms with Crippen molar-refractivity contribution in [2.24, 2.45) is 0 Å². The molecule has 0 spiro atoms. The minimum atomic E-state index is 0.822. The Morgan fingerprint density at radius 1 is 1.00 bits per heavy atom. The van der Waals surface area contributed by atoms with Crippen molar-refractivity contribution in [3.05, 3.63) is 65.6 Å². The van der Waals surface area contributed by atoms with Crippen molar-refractivity contribution in [3.8, 4) is 0 Å². The smallest absolute Gasteiger partial charge is 0.0726 e. The molecule has 0 bridgehead atoms.